The average molecular weight is 440 g/mol. The Morgan fingerprint density at radius 2 is 2.08 bits per heavy atom. The highest BCUT2D eigenvalue weighted by Gasteiger charge is 2.47. The van der Waals surface area contributed by atoms with E-state index in [1.165, 1.54) is 13.2 Å². The van der Waals surface area contributed by atoms with Crippen LogP contribution in [0.25, 0.3) is 0 Å². The summed E-state index contributed by atoms with van der Waals surface area (Å²) in [5.74, 6) is -0.159. The maximum atomic E-state index is 12.3. The Bertz CT molecular complexity index is 732. The first-order valence-electron chi connectivity index (χ1n) is 7.85. The van der Waals surface area contributed by atoms with E-state index < -0.39 is 17.2 Å². The maximum Gasteiger partial charge on any atom is 0.208 e. The molecule has 0 aromatic heterocycles. The summed E-state index contributed by atoms with van der Waals surface area (Å²) in [5.41, 5.74) is -0.169. The van der Waals surface area contributed by atoms with Crippen molar-refractivity contribution in [1.29, 1.82) is 0 Å². The van der Waals surface area contributed by atoms with Crippen LogP contribution in [0.3, 0.4) is 0 Å². The highest BCUT2D eigenvalue weighted by molar-refractivity contribution is 14.1. The van der Waals surface area contributed by atoms with Crippen LogP contribution < -0.4 is 0 Å². The zero-order valence-corrected chi connectivity index (χ0v) is 16.4. The Morgan fingerprint density at radius 1 is 1.42 bits per heavy atom. The average Bonchev–Trinajstić information content (AvgIpc) is 2.56. The Hall–Kier alpha value is -1.47. The molecule has 5 heteroatoms. The third kappa shape index (κ3) is 3.62. The number of ketones is 2. The van der Waals surface area contributed by atoms with Gasteiger partial charge in [0.15, 0.2) is 5.60 Å². The van der Waals surface area contributed by atoms with Gasteiger partial charge >= 0.3 is 0 Å². The van der Waals surface area contributed by atoms with Crippen LogP contribution in [0.4, 0.5) is 0 Å². The van der Waals surface area contributed by atoms with Gasteiger partial charge in [-0.3, -0.25) is 9.59 Å². The number of carbonyl (C=O) groups excluding carboxylic acids is 2. The molecule has 0 bridgehead atoms. The third-order valence-electron chi connectivity index (χ3n) is 4.16. The molecule has 0 saturated carbocycles. The lowest BCUT2D eigenvalue weighted by Crippen LogP contribution is -2.48. The molecule has 0 radical (unpaired) electrons. The lowest BCUT2D eigenvalue weighted by atomic mass is 9.80. The predicted octanol–water partition coefficient (Wildman–Crippen LogP) is 3.92. The first-order chi connectivity index (χ1) is 11.2. The van der Waals surface area contributed by atoms with Crippen LogP contribution in [0.15, 0.2) is 56.6 Å². The number of aliphatic hydroxyl groups is 1. The van der Waals surface area contributed by atoms with E-state index in [-0.39, 0.29) is 5.57 Å². The number of hydrogen-bond acceptors (Lipinski definition) is 4. The van der Waals surface area contributed by atoms with E-state index in [0.717, 1.165) is 12.0 Å². The van der Waals surface area contributed by atoms with E-state index >= 15 is 0 Å². The summed E-state index contributed by atoms with van der Waals surface area (Å²) in [5, 5.41) is 10.1. The topological polar surface area (TPSA) is 63.6 Å². The second-order valence-corrected chi connectivity index (χ2v) is 7.36. The van der Waals surface area contributed by atoms with Gasteiger partial charge in [-0.2, -0.15) is 0 Å². The molecule has 4 nitrogen and oxygen atoms in total. The summed E-state index contributed by atoms with van der Waals surface area (Å²) >= 11 is 1.87. The van der Waals surface area contributed by atoms with Gasteiger partial charge in [0.05, 0.1) is 9.15 Å². The summed E-state index contributed by atoms with van der Waals surface area (Å²) in [6, 6.07) is 0. The number of hydrogen-bond donors (Lipinski definition) is 1. The second-order valence-electron chi connectivity index (χ2n) is 6.28. The first kappa shape index (κ1) is 18.9. The maximum absolute atomic E-state index is 12.3. The molecule has 1 heterocycles. The van der Waals surface area contributed by atoms with Gasteiger partial charge < -0.3 is 9.84 Å². The zero-order valence-electron chi connectivity index (χ0n) is 14.2. The van der Waals surface area contributed by atoms with E-state index in [0.29, 0.717) is 20.8 Å². The lowest BCUT2D eigenvalue weighted by molar-refractivity contribution is -0.144. The van der Waals surface area contributed by atoms with Crippen molar-refractivity contribution in [3.05, 3.63) is 56.6 Å². The molecular weight excluding hydrogens is 419 g/mol. The van der Waals surface area contributed by atoms with Gasteiger partial charge in [0.25, 0.3) is 0 Å². The molecule has 0 aromatic rings. The molecule has 0 fully saturated rings. The number of fused-ring (bicyclic) bond motifs is 1. The van der Waals surface area contributed by atoms with E-state index in [9.17, 15) is 14.7 Å². The van der Waals surface area contributed by atoms with Gasteiger partial charge in [-0.05, 0) is 54.5 Å². The van der Waals surface area contributed by atoms with Gasteiger partial charge in [0, 0.05) is 5.57 Å². The van der Waals surface area contributed by atoms with Crippen LogP contribution in [-0.2, 0) is 14.3 Å². The summed E-state index contributed by atoms with van der Waals surface area (Å²) in [7, 11) is 0. The molecule has 0 amide bonds. The van der Waals surface area contributed by atoms with Gasteiger partial charge in [-0.25, -0.2) is 0 Å². The quantitative estimate of drug-likeness (QED) is 0.409. The van der Waals surface area contributed by atoms with Crippen LogP contribution in [0.2, 0.25) is 0 Å². The SMILES string of the molecule is CC[C@H](C)/C=C(C)/C=C/C1=CC2=C(I)C(=O)C(C)(O)C(=O)C2=CO1. The lowest BCUT2D eigenvalue weighted by Gasteiger charge is -2.29. The summed E-state index contributed by atoms with van der Waals surface area (Å²) in [6.45, 7) is 7.52. The van der Waals surface area contributed by atoms with Gasteiger partial charge in [0.1, 0.15) is 12.0 Å². The molecule has 24 heavy (non-hydrogen) atoms. The molecule has 0 saturated heterocycles. The molecule has 1 aliphatic carbocycles. The minimum atomic E-state index is -2.02. The minimum absolute atomic E-state index is 0.230. The fraction of sp³-hybridized carbons (Fsp3) is 0.368. The monoisotopic (exact) mass is 440 g/mol. The van der Waals surface area contributed by atoms with Crippen LogP contribution in [0.5, 0.6) is 0 Å². The zero-order chi connectivity index (χ0) is 18.1. The second kappa shape index (κ2) is 7.19. The molecule has 128 valence electrons. The predicted molar refractivity (Wildman–Crippen MR) is 101 cm³/mol. The highest BCUT2D eigenvalue weighted by Crippen LogP contribution is 2.37. The molecule has 2 rings (SSSR count). The van der Waals surface area contributed by atoms with Gasteiger partial charge in [-0.15, -0.1) is 0 Å². The number of ether oxygens (including phenoxy) is 1. The number of Topliss-reactive ketones (excluding diaryl/α,β-unsaturated/α-hetero) is 2. The molecule has 0 spiro atoms. The number of allylic oxidation sites excluding steroid dienone is 6. The molecule has 1 N–H and O–H groups in total. The van der Waals surface area contributed by atoms with E-state index in [1.807, 2.05) is 35.6 Å². The van der Waals surface area contributed by atoms with Crippen LogP contribution >= 0.6 is 22.6 Å². The van der Waals surface area contributed by atoms with E-state index in [4.69, 9.17) is 4.74 Å². The fourth-order valence-corrected chi connectivity index (χ4v) is 3.40. The van der Waals surface area contributed by atoms with Gasteiger partial charge in [0.2, 0.25) is 11.6 Å². The summed E-state index contributed by atoms with van der Waals surface area (Å²) in [4.78, 5) is 24.4. The normalized spacial score (nSPS) is 26.2. The Balaban J connectivity index is 2.31. The van der Waals surface area contributed by atoms with Crippen LogP contribution in [0, 0.1) is 5.92 Å². The number of rotatable bonds is 4. The number of halogens is 1. The van der Waals surface area contributed by atoms with Crippen molar-refractivity contribution < 1.29 is 19.4 Å². The van der Waals surface area contributed by atoms with Crippen LogP contribution in [-0.4, -0.2) is 22.3 Å². The summed E-state index contributed by atoms with van der Waals surface area (Å²) in [6.07, 6.45) is 9.97. The Kier molecular flexibility index (Phi) is 5.65. The fourth-order valence-electron chi connectivity index (χ4n) is 2.43. The smallest absolute Gasteiger partial charge is 0.208 e. The minimum Gasteiger partial charge on any atom is -0.464 e. The Labute approximate surface area is 155 Å². The molecule has 2 aliphatic rings. The largest absolute Gasteiger partial charge is 0.464 e. The van der Waals surface area contributed by atoms with Gasteiger partial charge in [-0.1, -0.05) is 38.0 Å². The first-order valence-corrected chi connectivity index (χ1v) is 8.93. The van der Waals surface area contributed by atoms with Crippen molar-refractivity contribution in [2.75, 3.05) is 0 Å². The van der Waals surface area contributed by atoms with Crippen molar-refractivity contribution in [2.45, 2.75) is 39.7 Å². The molecular formula is C19H21IO4. The Morgan fingerprint density at radius 3 is 2.71 bits per heavy atom. The van der Waals surface area contributed by atoms with E-state index in [1.54, 1.807) is 12.2 Å². The van der Waals surface area contributed by atoms with Crippen molar-refractivity contribution in [3.8, 4) is 0 Å². The third-order valence-corrected chi connectivity index (χ3v) is 5.23. The molecule has 1 aliphatic heterocycles. The standard InChI is InChI=1S/C19H21IO4/c1-5-11(2)8-12(3)6-7-13-9-14-15(10-24-13)17(21)19(4,23)18(22)16(14)20/h6-11,23H,5H2,1-4H3/b7-6+,12-8+/t11-,19?/m0/s1. The highest BCUT2D eigenvalue weighted by atomic mass is 127. The van der Waals surface area contributed by atoms with Crippen molar-refractivity contribution in [3.63, 3.8) is 0 Å². The molecule has 2 atom stereocenters. The van der Waals surface area contributed by atoms with Crippen LogP contribution in [0.1, 0.15) is 34.1 Å². The number of carbonyl (C=O) groups is 2. The van der Waals surface area contributed by atoms with Crippen molar-refractivity contribution in [1.82, 2.24) is 0 Å². The van der Waals surface area contributed by atoms with Crippen molar-refractivity contribution in [2.24, 2.45) is 5.92 Å². The summed E-state index contributed by atoms with van der Waals surface area (Å²) < 4.78 is 5.82. The molecule has 1 unspecified atom stereocenters. The molecule has 0 aromatic carbocycles. The van der Waals surface area contributed by atoms with E-state index in [2.05, 4.69) is 19.9 Å². The van der Waals surface area contributed by atoms with Crippen molar-refractivity contribution >= 4 is 34.2 Å².